The zero-order valence-corrected chi connectivity index (χ0v) is 10.1. The van der Waals surface area contributed by atoms with Crippen molar-refractivity contribution in [3.05, 3.63) is 29.6 Å². The Bertz CT molecular complexity index is 443. The highest BCUT2D eigenvalue weighted by atomic mass is 16.4. The number of pyridine rings is 1. The van der Waals surface area contributed by atoms with Crippen LogP contribution in [0.5, 0.6) is 0 Å². The van der Waals surface area contributed by atoms with Crippen molar-refractivity contribution >= 4 is 5.84 Å². The van der Waals surface area contributed by atoms with Gasteiger partial charge in [0.05, 0.1) is 0 Å². The second-order valence-corrected chi connectivity index (χ2v) is 4.76. The fourth-order valence-electron chi connectivity index (χ4n) is 1.89. The first-order chi connectivity index (χ1) is 8.71. The van der Waals surface area contributed by atoms with Gasteiger partial charge in [0.15, 0.2) is 5.84 Å². The van der Waals surface area contributed by atoms with Crippen molar-refractivity contribution in [1.82, 2.24) is 10.3 Å². The van der Waals surface area contributed by atoms with Crippen LogP contribution < -0.4 is 11.1 Å². The summed E-state index contributed by atoms with van der Waals surface area (Å²) in [6.45, 7) is 1.58. The highest BCUT2D eigenvalue weighted by molar-refractivity contribution is 5.96. The van der Waals surface area contributed by atoms with E-state index in [4.69, 9.17) is 10.9 Å². The number of hydrogen-bond donors (Lipinski definition) is 4. The summed E-state index contributed by atoms with van der Waals surface area (Å²) in [6, 6.07) is 3.69. The van der Waals surface area contributed by atoms with E-state index >= 15 is 0 Å². The van der Waals surface area contributed by atoms with Crippen LogP contribution >= 0.6 is 0 Å². The lowest BCUT2D eigenvalue weighted by Crippen LogP contribution is -2.27. The van der Waals surface area contributed by atoms with Crippen molar-refractivity contribution in [2.45, 2.75) is 19.4 Å². The van der Waals surface area contributed by atoms with Crippen LogP contribution in [0.15, 0.2) is 23.5 Å². The van der Waals surface area contributed by atoms with Crippen molar-refractivity contribution in [2.75, 3.05) is 13.2 Å². The SMILES string of the molecule is N/C(=N/O)c1ncccc1CNCC1(CO)CC1. The molecule has 0 saturated heterocycles. The van der Waals surface area contributed by atoms with Crippen molar-refractivity contribution in [2.24, 2.45) is 16.3 Å². The summed E-state index contributed by atoms with van der Waals surface area (Å²) in [5.74, 6) is 0.00990. The van der Waals surface area contributed by atoms with Gasteiger partial charge in [-0.05, 0) is 24.5 Å². The Kier molecular flexibility index (Phi) is 3.78. The Morgan fingerprint density at radius 1 is 1.56 bits per heavy atom. The average molecular weight is 250 g/mol. The van der Waals surface area contributed by atoms with Crippen molar-refractivity contribution in [1.29, 1.82) is 0 Å². The molecular weight excluding hydrogens is 232 g/mol. The topological polar surface area (TPSA) is 104 Å². The Morgan fingerprint density at radius 3 is 2.94 bits per heavy atom. The van der Waals surface area contributed by atoms with E-state index in [0.717, 1.165) is 24.9 Å². The molecule has 1 aliphatic rings. The third-order valence-corrected chi connectivity index (χ3v) is 3.35. The van der Waals surface area contributed by atoms with Gasteiger partial charge in [0.1, 0.15) is 5.69 Å². The maximum absolute atomic E-state index is 9.21. The molecule has 5 N–H and O–H groups in total. The number of hydrogen-bond acceptors (Lipinski definition) is 5. The minimum Gasteiger partial charge on any atom is -0.409 e. The Morgan fingerprint density at radius 2 is 2.33 bits per heavy atom. The quantitative estimate of drug-likeness (QED) is 0.247. The largest absolute Gasteiger partial charge is 0.409 e. The van der Waals surface area contributed by atoms with Crippen LogP contribution in [0, 0.1) is 5.41 Å². The predicted octanol–water partition coefficient (Wildman–Crippen LogP) is 0.0382. The van der Waals surface area contributed by atoms with E-state index in [0.29, 0.717) is 12.2 Å². The molecule has 1 heterocycles. The molecular formula is C12H18N4O2. The smallest absolute Gasteiger partial charge is 0.189 e. The highest BCUT2D eigenvalue weighted by Gasteiger charge is 2.41. The van der Waals surface area contributed by atoms with Crippen LogP contribution in [-0.2, 0) is 6.54 Å². The number of nitrogens with zero attached hydrogens (tertiary/aromatic N) is 2. The van der Waals surface area contributed by atoms with Crippen LogP contribution in [0.3, 0.4) is 0 Å². The van der Waals surface area contributed by atoms with Gasteiger partial charge in [-0.25, -0.2) is 0 Å². The van der Waals surface area contributed by atoms with Gasteiger partial charge < -0.3 is 21.4 Å². The first-order valence-corrected chi connectivity index (χ1v) is 5.94. The molecule has 0 amide bonds. The van der Waals surface area contributed by atoms with Gasteiger partial charge in [-0.2, -0.15) is 0 Å². The van der Waals surface area contributed by atoms with Gasteiger partial charge in [-0.1, -0.05) is 11.2 Å². The van der Waals surface area contributed by atoms with E-state index in [1.54, 1.807) is 6.20 Å². The summed E-state index contributed by atoms with van der Waals surface area (Å²) < 4.78 is 0. The summed E-state index contributed by atoms with van der Waals surface area (Å²) in [6.07, 6.45) is 3.74. The molecule has 0 spiro atoms. The number of aliphatic hydroxyl groups excluding tert-OH is 1. The summed E-state index contributed by atoms with van der Waals surface area (Å²) in [5.41, 5.74) is 6.99. The molecule has 1 aromatic rings. The molecule has 0 aromatic carbocycles. The minimum atomic E-state index is 0.00990. The van der Waals surface area contributed by atoms with E-state index < -0.39 is 0 Å². The molecule has 0 aliphatic heterocycles. The number of aliphatic hydroxyl groups is 1. The third-order valence-electron chi connectivity index (χ3n) is 3.35. The van der Waals surface area contributed by atoms with Crippen molar-refractivity contribution in [3.8, 4) is 0 Å². The lowest BCUT2D eigenvalue weighted by Gasteiger charge is -2.13. The highest BCUT2D eigenvalue weighted by Crippen LogP contribution is 2.44. The van der Waals surface area contributed by atoms with Crippen molar-refractivity contribution in [3.63, 3.8) is 0 Å². The van der Waals surface area contributed by atoms with Gasteiger partial charge in [0, 0.05) is 31.3 Å². The molecule has 18 heavy (non-hydrogen) atoms. The van der Waals surface area contributed by atoms with Gasteiger partial charge in [0.25, 0.3) is 0 Å². The summed E-state index contributed by atoms with van der Waals surface area (Å²) in [7, 11) is 0. The molecule has 1 saturated carbocycles. The fraction of sp³-hybridized carbons (Fsp3) is 0.500. The number of aromatic nitrogens is 1. The maximum Gasteiger partial charge on any atom is 0.189 e. The van der Waals surface area contributed by atoms with Crippen LogP contribution in [0.4, 0.5) is 0 Å². The third kappa shape index (κ3) is 2.77. The van der Waals surface area contributed by atoms with Gasteiger partial charge >= 0.3 is 0 Å². The molecule has 0 radical (unpaired) electrons. The van der Waals surface area contributed by atoms with Crippen molar-refractivity contribution < 1.29 is 10.3 Å². The lowest BCUT2D eigenvalue weighted by atomic mass is 10.1. The second kappa shape index (κ2) is 5.32. The Labute approximate surface area is 106 Å². The zero-order chi connectivity index (χ0) is 13.0. The number of rotatable bonds is 6. The van der Waals surface area contributed by atoms with Crippen LogP contribution in [0.1, 0.15) is 24.1 Å². The molecule has 6 nitrogen and oxygen atoms in total. The number of oxime groups is 1. The van der Waals surface area contributed by atoms with E-state index in [1.807, 2.05) is 12.1 Å². The molecule has 98 valence electrons. The number of nitrogens with two attached hydrogens (primary N) is 1. The molecule has 2 rings (SSSR count). The van der Waals surface area contributed by atoms with E-state index in [-0.39, 0.29) is 17.9 Å². The first kappa shape index (κ1) is 12.8. The Hall–Kier alpha value is -1.66. The monoisotopic (exact) mass is 250 g/mol. The molecule has 0 atom stereocenters. The standard InChI is InChI=1S/C12H18N4O2/c13-11(16-18)10-9(2-1-5-15-10)6-14-7-12(8-17)3-4-12/h1-2,5,14,17-18H,3-4,6-8H2,(H2,13,16). The first-order valence-electron chi connectivity index (χ1n) is 5.94. The Balaban J connectivity index is 1.97. The summed E-state index contributed by atoms with van der Waals surface area (Å²) in [5, 5.41) is 24.1. The second-order valence-electron chi connectivity index (χ2n) is 4.76. The van der Waals surface area contributed by atoms with Crippen LogP contribution in [0.2, 0.25) is 0 Å². The van der Waals surface area contributed by atoms with Crippen LogP contribution in [-0.4, -0.2) is 34.3 Å². The average Bonchev–Trinajstić information content (AvgIpc) is 3.19. The van der Waals surface area contributed by atoms with E-state index in [2.05, 4.69) is 15.5 Å². The van der Waals surface area contributed by atoms with Gasteiger partial charge in [-0.15, -0.1) is 0 Å². The number of nitrogens with one attached hydrogen (secondary N) is 1. The molecule has 1 fully saturated rings. The van der Waals surface area contributed by atoms with E-state index in [1.165, 1.54) is 0 Å². The van der Waals surface area contributed by atoms with E-state index in [9.17, 15) is 5.11 Å². The normalized spacial score (nSPS) is 17.7. The predicted molar refractivity (Wildman–Crippen MR) is 67.2 cm³/mol. The van der Waals surface area contributed by atoms with Gasteiger partial charge in [-0.3, -0.25) is 4.98 Å². The molecule has 6 heteroatoms. The number of amidine groups is 1. The summed E-state index contributed by atoms with van der Waals surface area (Å²) >= 11 is 0. The molecule has 0 bridgehead atoms. The summed E-state index contributed by atoms with van der Waals surface area (Å²) in [4.78, 5) is 4.10. The minimum absolute atomic E-state index is 0.00990. The lowest BCUT2D eigenvalue weighted by molar-refractivity contribution is 0.207. The van der Waals surface area contributed by atoms with Gasteiger partial charge in [0.2, 0.25) is 0 Å². The van der Waals surface area contributed by atoms with Crippen LogP contribution in [0.25, 0.3) is 0 Å². The maximum atomic E-state index is 9.21. The molecule has 1 aliphatic carbocycles. The molecule has 0 unspecified atom stereocenters. The molecule has 1 aromatic heterocycles. The fourth-order valence-corrected chi connectivity index (χ4v) is 1.89. The zero-order valence-electron chi connectivity index (χ0n) is 10.1.